The zero-order valence-corrected chi connectivity index (χ0v) is 12.7. The summed E-state index contributed by atoms with van der Waals surface area (Å²) in [7, 11) is -3.16. The van der Waals surface area contributed by atoms with Gasteiger partial charge in [0.1, 0.15) is 0 Å². The quantitative estimate of drug-likeness (QED) is 0.710. The minimum Gasteiger partial charge on any atom is -0.478 e. The summed E-state index contributed by atoms with van der Waals surface area (Å²) in [5.74, 6) is -0.945. The normalized spacial score (nSPS) is 11.4. The van der Waals surface area contributed by atoms with Crippen molar-refractivity contribution in [2.45, 2.75) is 44.8 Å². The molecule has 1 aromatic carbocycles. The first kappa shape index (κ1) is 16.7. The Hall–Kier alpha value is -1.36. The summed E-state index contributed by atoms with van der Waals surface area (Å²) in [6.45, 7) is 2.12. The lowest BCUT2D eigenvalue weighted by Gasteiger charge is -2.05. The number of aromatic carboxylic acids is 1. The number of hydrogen-bond donors (Lipinski definition) is 1. The molecule has 1 N–H and O–H groups in total. The zero-order chi connectivity index (χ0) is 15.0. The Kier molecular flexibility index (Phi) is 6.71. The predicted octanol–water partition coefficient (Wildman–Crippen LogP) is 3.27. The fourth-order valence-electron chi connectivity index (χ4n) is 2.05. The smallest absolute Gasteiger partial charge is 0.335 e. The number of unbranched alkanes of at least 4 members (excludes halogenated alkanes) is 4. The summed E-state index contributed by atoms with van der Waals surface area (Å²) in [4.78, 5) is 10.8. The van der Waals surface area contributed by atoms with Gasteiger partial charge in [-0.2, -0.15) is 0 Å². The first-order valence-electron chi connectivity index (χ1n) is 6.97. The molecule has 0 bridgehead atoms. The van der Waals surface area contributed by atoms with E-state index in [1.54, 1.807) is 12.1 Å². The van der Waals surface area contributed by atoms with Gasteiger partial charge in [0.25, 0.3) is 0 Å². The highest BCUT2D eigenvalue weighted by molar-refractivity contribution is 7.90. The molecule has 5 heteroatoms. The van der Waals surface area contributed by atoms with E-state index in [1.807, 2.05) is 0 Å². The van der Waals surface area contributed by atoms with Gasteiger partial charge in [-0.3, -0.25) is 0 Å². The molecule has 20 heavy (non-hydrogen) atoms. The van der Waals surface area contributed by atoms with Gasteiger partial charge in [0.05, 0.1) is 17.1 Å². The summed E-state index contributed by atoms with van der Waals surface area (Å²) in [6.07, 6.45) is 4.96. The lowest BCUT2D eigenvalue weighted by Crippen LogP contribution is -2.10. The molecule has 0 aliphatic carbocycles. The highest BCUT2D eigenvalue weighted by Gasteiger charge is 2.13. The Morgan fingerprint density at radius 3 is 2.50 bits per heavy atom. The molecule has 4 nitrogen and oxygen atoms in total. The average molecular weight is 298 g/mol. The number of carbonyl (C=O) groups is 1. The molecule has 0 amide bonds. The van der Waals surface area contributed by atoms with E-state index in [9.17, 15) is 13.2 Å². The molecule has 1 aromatic rings. The molecular formula is C15H22O4S. The highest BCUT2D eigenvalue weighted by atomic mass is 32.2. The largest absolute Gasteiger partial charge is 0.478 e. The lowest BCUT2D eigenvalue weighted by molar-refractivity contribution is 0.0696. The second-order valence-corrected chi connectivity index (χ2v) is 7.20. The Bertz CT molecular complexity index is 535. The molecule has 0 fully saturated rings. The second kappa shape index (κ2) is 8.04. The zero-order valence-electron chi connectivity index (χ0n) is 11.8. The molecule has 0 saturated carbocycles. The van der Waals surface area contributed by atoms with E-state index in [0.29, 0.717) is 12.0 Å². The Labute approximate surface area is 120 Å². The van der Waals surface area contributed by atoms with E-state index in [0.717, 1.165) is 25.7 Å². The van der Waals surface area contributed by atoms with E-state index in [1.165, 1.54) is 12.1 Å². The first-order valence-corrected chi connectivity index (χ1v) is 8.79. The van der Waals surface area contributed by atoms with Gasteiger partial charge in [-0.25, -0.2) is 13.2 Å². The van der Waals surface area contributed by atoms with Gasteiger partial charge in [0.15, 0.2) is 9.84 Å². The molecule has 0 aliphatic heterocycles. The van der Waals surface area contributed by atoms with Crippen molar-refractivity contribution in [1.82, 2.24) is 0 Å². The second-order valence-electron chi connectivity index (χ2n) is 5.01. The van der Waals surface area contributed by atoms with Crippen LogP contribution in [0.15, 0.2) is 24.3 Å². The molecule has 112 valence electrons. The van der Waals surface area contributed by atoms with Crippen molar-refractivity contribution in [3.8, 4) is 0 Å². The molecule has 0 spiro atoms. The number of carboxylic acids is 1. The van der Waals surface area contributed by atoms with Crippen LogP contribution in [0.1, 0.15) is 54.9 Å². The number of benzene rings is 1. The van der Waals surface area contributed by atoms with Crippen LogP contribution >= 0.6 is 0 Å². The van der Waals surface area contributed by atoms with Crippen molar-refractivity contribution in [3.63, 3.8) is 0 Å². The topological polar surface area (TPSA) is 71.4 Å². The molecule has 0 atom stereocenters. The van der Waals surface area contributed by atoms with Crippen LogP contribution in [0.2, 0.25) is 0 Å². The molecular weight excluding hydrogens is 276 g/mol. The third-order valence-corrected chi connectivity index (χ3v) is 4.80. The van der Waals surface area contributed by atoms with E-state index < -0.39 is 15.8 Å². The maximum atomic E-state index is 12.0. The molecule has 0 heterocycles. The molecule has 0 saturated heterocycles. The van der Waals surface area contributed by atoms with Crippen molar-refractivity contribution >= 4 is 15.8 Å². The first-order chi connectivity index (χ1) is 9.44. The number of sulfone groups is 1. The van der Waals surface area contributed by atoms with Crippen molar-refractivity contribution in [3.05, 3.63) is 35.4 Å². The fourth-order valence-corrected chi connectivity index (χ4v) is 3.52. The van der Waals surface area contributed by atoms with Gasteiger partial charge in [-0.1, -0.05) is 44.7 Å². The third-order valence-electron chi connectivity index (χ3n) is 3.12. The Morgan fingerprint density at radius 1 is 1.15 bits per heavy atom. The monoisotopic (exact) mass is 298 g/mol. The van der Waals surface area contributed by atoms with Crippen LogP contribution in [0.5, 0.6) is 0 Å². The SMILES string of the molecule is CCCCCCCS(=O)(=O)Cc1cccc(C(=O)O)c1. The van der Waals surface area contributed by atoms with Crippen molar-refractivity contribution in [2.24, 2.45) is 0 Å². The fraction of sp³-hybridized carbons (Fsp3) is 0.533. The standard InChI is InChI=1S/C15H22O4S/c1-2-3-4-5-6-10-20(18,19)12-13-8-7-9-14(11-13)15(16)17/h7-9,11H,2-6,10,12H2,1H3,(H,16,17). The minimum absolute atomic E-state index is 0.0815. The average Bonchev–Trinajstić information content (AvgIpc) is 2.38. The van der Waals surface area contributed by atoms with Crippen molar-refractivity contribution in [2.75, 3.05) is 5.75 Å². The van der Waals surface area contributed by atoms with Crippen molar-refractivity contribution in [1.29, 1.82) is 0 Å². The van der Waals surface area contributed by atoms with E-state index >= 15 is 0 Å². The maximum Gasteiger partial charge on any atom is 0.335 e. The summed E-state index contributed by atoms with van der Waals surface area (Å²) >= 11 is 0. The Balaban J connectivity index is 2.53. The molecule has 0 radical (unpaired) electrons. The van der Waals surface area contributed by atoms with E-state index in [4.69, 9.17) is 5.11 Å². The van der Waals surface area contributed by atoms with Crippen LogP contribution in [-0.4, -0.2) is 25.2 Å². The van der Waals surface area contributed by atoms with Gasteiger partial charge >= 0.3 is 5.97 Å². The van der Waals surface area contributed by atoms with Gasteiger partial charge in [0, 0.05) is 0 Å². The van der Waals surface area contributed by atoms with E-state index in [-0.39, 0.29) is 17.1 Å². The molecule has 1 rings (SSSR count). The summed E-state index contributed by atoms with van der Waals surface area (Å²) in [5.41, 5.74) is 0.666. The summed E-state index contributed by atoms with van der Waals surface area (Å²) < 4.78 is 23.9. The van der Waals surface area contributed by atoms with Gasteiger partial charge in [-0.15, -0.1) is 0 Å². The van der Waals surface area contributed by atoms with Crippen LogP contribution in [0.4, 0.5) is 0 Å². The van der Waals surface area contributed by atoms with Crippen LogP contribution in [0.3, 0.4) is 0 Å². The maximum absolute atomic E-state index is 12.0. The van der Waals surface area contributed by atoms with Crippen LogP contribution in [0, 0.1) is 0 Å². The third kappa shape index (κ3) is 6.19. The van der Waals surface area contributed by atoms with Gasteiger partial charge < -0.3 is 5.11 Å². The van der Waals surface area contributed by atoms with Gasteiger partial charge in [0.2, 0.25) is 0 Å². The van der Waals surface area contributed by atoms with Gasteiger partial charge in [-0.05, 0) is 24.1 Å². The predicted molar refractivity (Wildman–Crippen MR) is 79.7 cm³/mol. The van der Waals surface area contributed by atoms with Crippen molar-refractivity contribution < 1.29 is 18.3 Å². The lowest BCUT2D eigenvalue weighted by atomic mass is 10.1. The van der Waals surface area contributed by atoms with Crippen LogP contribution < -0.4 is 0 Å². The van der Waals surface area contributed by atoms with Crippen LogP contribution in [0.25, 0.3) is 0 Å². The Morgan fingerprint density at radius 2 is 1.85 bits per heavy atom. The molecule has 0 aromatic heterocycles. The minimum atomic E-state index is -3.16. The number of hydrogen-bond acceptors (Lipinski definition) is 3. The molecule has 0 aliphatic rings. The van der Waals surface area contributed by atoms with E-state index in [2.05, 4.69) is 6.92 Å². The number of carboxylic acid groups (broad SMARTS) is 1. The highest BCUT2D eigenvalue weighted by Crippen LogP contribution is 2.12. The molecule has 0 unspecified atom stereocenters. The number of rotatable bonds is 9. The summed E-state index contributed by atoms with van der Waals surface area (Å²) in [6, 6.07) is 6.12. The van der Waals surface area contributed by atoms with Crippen LogP contribution in [-0.2, 0) is 15.6 Å². The summed E-state index contributed by atoms with van der Waals surface area (Å²) in [5, 5.41) is 8.88.